The highest BCUT2D eigenvalue weighted by molar-refractivity contribution is 9.10. The summed E-state index contributed by atoms with van der Waals surface area (Å²) >= 11 is 3.44. The molecule has 0 radical (unpaired) electrons. The van der Waals surface area contributed by atoms with E-state index in [9.17, 15) is 9.59 Å². The van der Waals surface area contributed by atoms with Crippen molar-refractivity contribution >= 4 is 49.8 Å². The molecule has 0 saturated heterocycles. The molecule has 1 aromatic heterocycles. The second-order valence-corrected chi connectivity index (χ2v) is 9.20. The standard InChI is InChI=1S/C27H26BrN3O4/c1-5-16(2)25-30-23-12-11-19(28)14-21(23)26(32)31(25)29-15-22-20-9-7-6-8-18(20)10-13-24(22)35-17(3)27(33)34-4/h6-17H,5H2,1-4H3/t16-,17+/m0/s1. The van der Waals surface area contributed by atoms with E-state index in [0.29, 0.717) is 28.0 Å². The first kappa shape index (κ1) is 24.6. The highest BCUT2D eigenvalue weighted by Crippen LogP contribution is 2.28. The smallest absolute Gasteiger partial charge is 0.346 e. The molecule has 0 unspecified atom stereocenters. The predicted octanol–water partition coefficient (Wildman–Crippen LogP) is 5.65. The summed E-state index contributed by atoms with van der Waals surface area (Å²) in [6.45, 7) is 5.68. The van der Waals surface area contributed by atoms with Crippen LogP contribution in [-0.4, -0.2) is 35.1 Å². The lowest BCUT2D eigenvalue weighted by atomic mass is 10.0. The highest BCUT2D eigenvalue weighted by atomic mass is 79.9. The average molecular weight is 536 g/mol. The number of fused-ring (bicyclic) bond motifs is 2. The first-order valence-electron chi connectivity index (χ1n) is 11.4. The lowest BCUT2D eigenvalue weighted by Gasteiger charge is -2.16. The Morgan fingerprint density at radius 2 is 1.91 bits per heavy atom. The molecule has 0 aliphatic rings. The van der Waals surface area contributed by atoms with Crippen LogP contribution in [0.15, 0.2) is 69.0 Å². The number of carbonyl (C=O) groups is 1. The van der Waals surface area contributed by atoms with Gasteiger partial charge in [0, 0.05) is 16.0 Å². The molecule has 0 amide bonds. The molecule has 0 bridgehead atoms. The van der Waals surface area contributed by atoms with Crippen molar-refractivity contribution in [3.8, 4) is 5.75 Å². The molecule has 0 N–H and O–H groups in total. The van der Waals surface area contributed by atoms with Crippen molar-refractivity contribution in [1.82, 2.24) is 9.66 Å². The second-order valence-electron chi connectivity index (χ2n) is 8.28. The summed E-state index contributed by atoms with van der Waals surface area (Å²) < 4.78 is 12.9. The van der Waals surface area contributed by atoms with Crippen molar-refractivity contribution in [2.75, 3.05) is 7.11 Å². The van der Waals surface area contributed by atoms with Gasteiger partial charge in [-0.2, -0.15) is 9.78 Å². The van der Waals surface area contributed by atoms with Crippen molar-refractivity contribution in [2.45, 2.75) is 39.2 Å². The Bertz CT molecular complexity index is 1500. The SMILES string of the molecule is CC[C@H](C)c1nc2ccc(Br)cc2c(=O)n1N=Cc1c(O[C@H](C)C(=O)OC)ccc2ccccc12. The van der Waals surface area contributed by atoms with Crippen molar-refractivity contribution < 1.29 is 14.3 Å². The van der Waals surface area contributed by atoms with Crippen LogP contribution in [0.2, 0.25) is 0 Å². The zero-order chi connectivity index (χ0) is 25.1. The number of esters is 1. The molecule has 0 spiro atoms. The highest BCUT2D eigenvalue weighted by Gasteiger charge is 2.19. The molecule has 0 saturated carbocycles. The van der Waals surface area contributed by atoms with Gasteiger partial charge >= 0.3 is 5.97 Å². The van der Waals surface area contributed by atoms with Crippen LogP contribution in [0.5, 0.6) is 5.75 Å². The summed E-state index contributed by atoms with van der Waals surface area (Å²) in [5, 5.41) is 6.93. The monoisotopic (exact) mass is 535 g/mol. The number of rotatable bonds is 7. The minimum atomic E-state index is -0.814. The van der Waals surface area contributed by atoms with Gasteiger partial charge in [-0.05, 0) is 48.4 Å². The molecule has 0 fully saturated rings. The van der Waals surface area contributed by atoms with Crippen molar-refractivity contribution in [2.24, 2.45) is 5.10 Å². The van der Waals surface area contributed by atoms with E-state index in [0.717, 1.165) is 21.7 Å². The molecule has 3 aromatic carbocycles. The van der Waals surface area contributed by atoms with Gasteiger partial charge in [-0.1, -0.05) is 60.1 Å². The number of carbonyl (C=O) groups excluding carboxylic acids is 1. The Kier molecular flexibility index (Phi) is 7.31. The lowest BCUT2D eigenvalue weighted by molar-refractivity contribution is -0.147. The van der Waals surface area contributed by atoms with Crippen LogP contribution in [0.3, 0.4) is 0 Å². The number of hydrogen-bond donors (Lipinski definition) is 0. The van der Waals surface area contributed by atoms with Crippen LogP contribution >= 0.6 is 15.9 Å². The third-order valence-corrected chi connectivity index (χ3v) is 6.45. The summed E-state index contributed by atoms with van der Waals surface area (Å²) in [7, 11) is 1.32. The molecular formula is C27H26BrN3O4. The lowest BCUT2D eigenvalue weighted by Crippen LogP contribution is -2.25. The number of halogens is 1. The number of ether oxygens (including phenoxy) is 2. The van der Waals surface area contributed by atoms with E-state index in [4.69, 9.17) is 14.5 Å². The molecule has 0 aliphatic carbocycles. The van der Waals surface area contributed by atoms with E-state index in [2.05, 4.69) is 21.0 Å². The summed E-state index contributed by atoms with van der Waals surface area (Å²) in [6, 6.07) is 16.9. The quantitative estimate of drug-likeness (QED) is 0.225. The Morgan fingerprint density at radius 1 is 1.14 bits per heavy atom. The zero-order valence-electron chi connectivity index (χ0n) is 20.0. The number of methoxy groups -OCH3 is 1. The number of nitrogens with zero attached hydrogens (tertiary/aromatic N) is 3. The Hall–Kier alpha value is -3.52. The van der Waals surface area contributed by atoms with Gasteiger partial charge in [0.05, 0.1) is 24.2 Å². The molecule has 0 aliphatic heterocycles. The van der Waals surface area contributed by atoms with Gasteiger partial charge < -0.3 is 9.47 Å². The van der Waals surface area contributed by atoms with Gasteiger partial charge in [-0.15, -0.1) is 0 Å². The van der Waals surface area contributed by atoms with Crippen molar-refractivity contribution in [3.05, 3.63) is 80.8 Å². The molecule has 2 atom stereocenters. The van der Waals surface area contributed by atoms with E-state index in [-0.39, 0.29) is 11.5 Å². The van der Waals surface area contributed by atoms with Crippen LogP contribution in [0.25, 0.3) is 21.7 Å². The van der Waals surface area contributed by atoms with Gasteiger partial charge in [-0.3, -0.25) is 4.79 Å². The van der Waals surface area contributed by atoms with Gasteiger partial charge in [-0.25, -0.2) is 9.78 Å². The minimum Gasteiger partial charge on any atom is -0.478 e. The Balaban J connectivity index is 1.91. The van der Waals surface area contributed by atoms with Gasteiger partial charge in [0.2, 0.25) is 0 Å². The number of aromatic nitrogens is 2. The van der Waals surface area contributed by atoms with Crippen LogP contribution in [0, 0.1) is 0 Å². The first-order chi connectivity index (χ1) is 16.8. The largest absolute Gasteiger partial charge is 0.478 e. The van der Waals surface area contributed by atoms with Crippen LogP contribution < -0.4 is 10.3 Å². The number of benzene rings is 3. The third-order valence-electron chi connectivity index (χ3n) is 5.96. The summed E-state index contributed by atoms with van der Waals surface area (Å²) in [5.41, 5.74) is 1.02. The maximum atomic E-state index is 13.5. The Morgan fingerprint density at radius 3 is 2.66 bits per heavy atom. The van der Waals surface area contributed by atoms with E-state index in [1.807, 2.05) is 56.3 Å². The first-order valence-corrected chi connectivity index (χ1v) is 12.2. The van der Waals surface area contributed by atoms with Crippen molar-refractivity contribution in [3.63, 3.8) is 0 Å². The maximum Gasteiger partial charge on any atom is 0.346 e. The predicted molar refractivity (Wildman–Crippen MR) is 141 cm³/mol. The fraction of sp³-hybridized carbons (Fsp3) is 0.259. The average Bonchev–Trinajstić information content (AvgIpc) is 2.87. The zero-order valence-corrected chi connectivity index (χ0v) is 21.6. The summed E-state index contributed by atoms with van der Waals surface area (Å²) in [5.74, 6) is 0.560. The molecule has 180 valence electrons. The molecule has 8 heteroatoms. The topological polar surface area (TPSA) is 82.8 Å². The molecule has 4 aromatic rings. The van der Waals surface area contributed by atoms with E-state index < -0.39 is 12.1 Å². The fourth-order valence-electron chi connectivity index (χ4n) is 3.81. The second kappa shape index (κ2) is 10.4. The normalized spacial score (nSPS) is 13.3. The molecule has 35 heavy (non-hydrogen) atoms. The van der Waals surface area contributed by atoms with E-state index in [1.54, 1.807) is 25.3 Å². The number of hydrogen-bond acceptors (Lipinski definition) is 6. The van der Waals surface area contributed by atoms with Gasteiger partial charge in [0.25, 0.3) is 5.56 Å². The maximum absolute atomic E-state index is 13.5. The molecule has 1 heterocycles. The van der Waals surface area contributed by atoms with Gasteiger partial charge in [0.15, 0.2) is 6.10 Å². The Labute approximate surface area is 211 Å². The molecule has 4 rings (SSSR count). The van der Waals surface area contributed by atoms with E-state index in [1.165, 1.54) is 11.8 Å². The van der Waals surface area contributed by atoms with Crippen LogP contribution in [0.1, 0.15) is 44.5 Å². The summed E-state index contributed by atoms with van der Waals surface area (Å²) in [4.78, 5) is 30.2. The van der Waals surface area contributed by atoms with E-state index >= 15 is 0 Å². The van der Waals surface area contributed by atoms with Crippen LogP contribution in [-0.2, 0) is 9.53 Å². The fourth-order valence-corrected chi connectivity index (χ4v) is 4.17. The minimum absolute atomic E-state index is 0.00971. The van der Waals surface area contributed by atoms with Gasteiger partial charge in [0.1, 0.15) is 11.6 Å². The van der Waals surface area contributed by atoms with Crippen LogP contribution in [0.4, 0.5) is 0 Å². The molecule has 7 nitrogen and oxygen atoms in total. The summed E-state index contributed by atoms with van der Waals surface area (Å²) in [6.07, 6.45) is 1.58. The third kappa shape index (κ3) is 4.98. The van der Waals surface area contributed by atoms with Crippen molar-refractivity contribution in [1.29, 1.82) is 0 Å². The molecular weight excluding hydrogens is 510 g/mol.